The molecule has 3 aliphatic rings. The molecule has 0 unspecified atom stereocenters. The SMILES string of the molecule is C=C1C(C(C)=O)=C(C)C[C@@]2(C)C[C@@]3(C)Cc4c(CC)cc(CC)c(C)c4C(=O)C3=C(O)[C@@]12C. The first kappa shape index (κ1) is 23.7. The molecule has 0 aliphatic heterocycles. The minimum Gasteiger partial charge on any atom is -0.511 e. The molecular formula is C30H38O3. The van der Waals surface area contributed by atoms with E-state index < -0.39 is 10.8 Å². The third-order valence-corrected chi connectivity index (χ3v) is 9.32. The molecule has 3 nitrogen and oxygen atoms in total. The predicted molar refractivity (Wildman–Crippen MR) is 134 cm³/mol. The molecule has 1 N–H and O–H groups in total. The first-order chi connectivity index (χ1) is 15.3. The summed E-state index contributed by atoms with van der Waals surface area (Å²) < 4.78 is 0. The topological polar surface area (TPSA) is 54.4 Å². The molecule has 33 heavy (non-hydrogen) atoms. The van der Waals surface area contributed by atoms with E-state index in [0.717, 1.165) is 47.9 Å². The average molecular weight is 447 g/mol. The highest BCUT2D eigenvalue weighted by Gasteiger charge is 2.62. The lowest BCUT2D eigenvalue weighted by molar-refractivity contribution is -0.113. The van der Waals surface area contributed by atoms with Crippen LogP contribution >= 0.6 is 0 Å². The molecule has 0 bridgehead atoms. The second-order valence-electron chi connectivity index (χ2n) is 11.4. The Bertz CT molecular complexity index is 1190. The van der Waals surface area contributed by atoms with Crippen LogP contribution in [0.25, 0.3) is 0 Å². The summed E-state index contributed by atoms with van der Waals surface area (Å²) >= 11 is 0. The number of aryl methyl sites for hydroxylation is 2. The molecule has 0 aromatic heterocycles. The smallest absolute Gasteiger partial charge is 0.193 e. The minimum atomic E-state index is -0.848. The van der Waals surface area contributed by atoms with Crippen molar-refractivity contribution in [2.24, 2.45) is 16.2 Å². The van der Waals surface area contributed by atoms with Crippen molar-refractivity contribution in [2.45, 2.75) is 87.5 Å². The van der Waals surface area contributed by atoms with Gasteiger partial charge in [0.25, 0.3) is 0 Å². The van der Waals surface area contributed by atoms with Gasteiger partial charge in [0.05, 0.1) is 5.41 Å². The second-order valence-corrected chi connectivity index (χ2v) is 11.4. The Kier molecular flexibility index (Phi) is 5.24. The fourth-order valence-electron chi connectivity index (χ4n) is 7.58. The molecule has 3 aliphatic carbocycles. The molecule has 1 aromatic carbocycles. The van der Waals surface area contributed by atoms with Crippen LogP contribution < -0.4 is 0 Å². The minimum absolute atomic E-state index is 0.0248. The van der Waals surface area contributed by atoms with Gasteiger partial charge in [0.1, 0.15) is 5.76 Å². The van der Waals surface area contributed by atoms with Crippen molar-refractivity contribution in [1.29, 1.82) is 0 Å². The molecule has 0 saturated carbocycles. The van der Waals surface area contributed by atoms with Gasteiger partial charge in [-0.15, -0.1) is 0 Å². The van der Waals surface area contributed by atoms with E-state index in [0.29, 0.717) is 23.1 Å². The molecule has 0 saturated heterocycles. The Morgan fingerprint density at radius 3 is 2.24 bits per heavy atom. The fraction of sp³-hybridized carbons (Fsp3) is 0.533. The van der Waals surface area contributed by atoms with Crippen molar-refractivity contribution in [3.8, 4) is 0 Å². The van der Waals surface area contributed by atoms with E-state index in [1.165, 1.54) is 11.1 Å². The molecule has 0 radical (unpaired) electrons. The zero-order chi connectivity index (χ0) is 24.7. The number of hydrogen-bond acceptors (Lipinski definition) is 3. The molecule has 3 heteroatoms. The monoisotopic (exact) mass is 446 g/mol. The van der Waals surface area contributed by atoms with Crippen LogP contribution in [-0.4, -0.2) is 16.7 Å². The molecule has 0 amide bonds. The van der Waals surface area contributed by atoms with Crippen LogP contribution in [0.4, 0.5) is 0 Å². The third kappa shape index (κ3) is 2.87. The molecule has 176 valence electrons. The van der Waals surface area contributed by atoms with E-state index in [2.05, 4.69) is 40.3 Å². The van der Waals surface area contributed by atoms with Gasteiger partial charge in [0.2, 0.25) is 0 Å². The number of rotatable bonds is 3. The van der Waals surface area contributed by atoms with Crippen LogP contribution in [-0.2, 0) is 24.1 Å². The van der Waals surface area contributed by atoms with Gasteiger partial charge in [-0.1, -0.05) is 45.9 Å². The highest BCUT2D eigenvalue weighted by molar-refractivity contribution is 6.14. The van der Waals surface area contributed by atoms with E-state index in [1.807, 2.05) is 20.8 Å². The average Bonchev–Trinajstić information content (AvgIpc) is 2.70. The highest BCUT2D eigenvalue weighted by Crippen LogP contribution is 2.68. The van der Waals surface area contributed by atoms with Gasteiger partial charge in [-0.3, -0.25) is 9.59 Å². The Balaban J connectivity index is 2.04. The summed E-state index contributed by atoms with van der Waals surface area (Å²) in [4.78, 5) is 26.7. The summed E-state index contributed by atoms with van der Waals surface area (Å²) in [7, 11) is 0. The summed E-state index contributed by atoms with van der Waals surface area (Å²) in [5.41, 5.74) is 6.66. The van der Waals surface area contributed by atoms with Gasteiger partial charge in [-0.05, 0) is 93.0 Å². The zero-order valence-corrected chi connectivity index (χ0v) is 21.6. The van der Waals surface area contributed by atoms with E-state index in [1.54, 1.807) is 6.92 Å². The number of fused-ring (bicyclic) bond motifs is 3. The van der Waals surface area contributed by atoms with Gasteiger partial charge in [-0.25, -0.2) is 0 Å². The molecule has 3 atom stereocenters. The van der Waals surface area contributed by atoms with Crippen LogP contribution in [0.1, 0.15) is 93.9 Å². The normalized spacial score (nSPS) is 31.4. The van der Waals surface area contributed by atoms with Crippen molar-refractivity contribution < 1.29 is 14.7 Å². The van der Waals surface area contributed by atoms with Crippen LogP contribution in [0, 0.1) is 23.2 Å². The fourth-order valence-corrected chi connectivity index (χ4v) is 7.58. The van der Waals surface area contributed by atoms with E-state index >= 15 is 0 Å². The third-order valence-electron chi connectivity index (χ3n) is 9.32. The van der Waals surface area contributed by atoms with Crippen molar-refractivity contribution in [3.05, 3.63) is 68.5 Å². The van der Waals surface area contributed by atoms with Crippen molar-refractivity contribution in [2.75, 3.05) is 0 Å². The van der Waals surface area contributed by atoms with Crippen molar-refractivity contribution in [3.63, 3.8) is 0 Å². The second kappa shape index (κ2) is 7.29. The molecule has 0 heterocycles. The zero-order valence-electron chi connectivity index (χ0n) is 21.6. The quantitative estimate of drug-likeness (QED) is 0.546. The first-order valence-electron chi connectivity index (χ1n) is 12.3. The van der Waals surface area contributed by atoms with Crippen LogP contribution in [0.15, 0.2) is 40.7 Å². The van der Waals surface area contributed by atoms with E-state index in [4.69, 9.17) is 0 Å². The first-order valence-corrected chi connectivity index (χ1v) is 12.3. The molecular weight excluding hydrogens is 408 g/mol. The number of Topliss-reactive ketones (excluding diaryl/α,β-unsaturated/α-hetero) is 2. The van der Waals surface area contributed by atoms with Crippen LogP contribution in [0.2, 0.25) is 0 Å². The lowest BCUT2D eigenvalue weighted by atomic mass is 9.43. The van der Waals surface area contributed by atoms with Gasteiger partial charge < -0.3 is 5.11 Å². The maximum Gasteiger partial charge on any atom is 0.193 e. The van der Waals surface area contributed by atoms with Crippen LogP contribution in [0.5, 0.6) is 0 Å². The summed E-state index contributed by atoms with van der Waals surface area (Å²) in [5, 5.41) is 11.9. The van der Waals surface area contributed by atoms with Gasteiger partial charge >= 0.3 is 0 Å². The Morgan fingerprint density at radius 1 is 1.09 bits per heavy atom. The highest BCUT2D eigenvalue weighted by atomic mass is 16.3. The maximum absolute atomic E-state index is 14.2. The largest absolute Gasteiger partial charge is 0.511 e. The van der Waals surface area contributed by atoms with E-state index in [-0.39, 0.29) is 22.7 Å². The number of ketones is 2. The standard InChI is InChI=1S/C30H38O3/c1-10-20-12-21(11-2)22-14-28(7)15-29(8)13-16(3)23(19(6)31)18(5)30(29,9)27(33)25(28)26(32)24(22)17(20)4/h12,33H,5,10-11,13-15H2,1-4,6-9H3/t28-,29+,30-/m1/s1. The number of benzene rings is 1. The van der Waals surface area contributed by atoms with Gasteiger partial charge in [0, 0.05) is 22.1 Å². The van der Waals surface area contributed by atoms with Crippen molar-refractivity contribution in [1.82, 2.24) is 0 Å². The predicted octanol–water partition coefficient (Wildman–Crippen LogP) is 6.96. The number of aliphatic hydroxyl groups is 1. The number of carbonyl (C=O) groups excluding carboxylic acids is 2. The van der Waals surface area contributed by atoms with Gasteiger partial charge in [0.15, 0.2) is 11.6 Å². The van der Waals surface area contributed by atoms with Gasteiger partial charge in [-0.2, -0.15) is 0 Å². The van der Waals surface area contributed by atoms with Crippen molar-refractivity contribution >= 4 is 11.6 Å². The van der Waals surface area contributed by atoms with E-state index in [9.17, 15) is 14.7 Å². The summed E-state index contributed by atoms with van der Waals surface area (Å²) in [5.74, 6) is 0.0683. The summed E-state index contributed by atoms with van der Waals surface area (Å²) in [6.45, 7) is 20.6. The van der Waals surface area contributed by atoms with Crippen LogP contribution in [0.3, 0.4) is 0 Å². The Morgan fingerprint density at radius 2 is 1.70 bits per heavy atom. The summed E-state index contributed by atoms with van der Waals surface area (Å²) in [6, 6.07) is 2.28. The maximum atomic E-state index is 14.2. The molecule has 4 rings (SSSR count). The molecule has 0 spiro atoms. The lowest BCUT2D eigenvalue weighted by Gasteiger charge is -2.59. The molecule has 0 fully saturated rings. The Labute approximate surface area is 198 Å². The number of allylic oxidation sites excluding steroid dienone is 4. The number of aliphatic hydroxyl groups excluding tert-OH is 1. The molecule has 1 aromatic rings. The Hall–Kier alpha value is -2.42. The number of carbonyl (C=O) groups is 2. The lowest BCUT2D eigenvalue weighted by Crippen LogP contribution is -2.54. The number of hydrogen-bond donors (Lipinski definition) is 1. The summed E-state index contributed by atoms with van der Waals surface area (Å²) in [6.07, 6.45) is 3.99.